The molecule has 3 aliphatic rings. The molecule has 4 atom stereocenters. The Balaban J connectivity index is 1.53. The van der Waals surface area contributed by atoms with Crippen LogP contribution in [-0.4, -0.2) is 38.7 Å². The Hall–Kier alpha value is -4.58. The van der Waals surface area contributed by atoms with Crippen molar-refractivity contribution in [1.29, 1.82) is 5.26 Å². The topological polar surface area (TPSA) is 119 Å². The summed E-state index contributed by atoms with van der Waals surface area (Å²) in [5.41, 5.74) is 3.95. The summed E-state index contributed by atoms with van der Waals surface area (Å²) in [6.45, 7) is 0.362. The van der Waals surface area contributed by atoms with Crippen LogP contribution in [0.25, 0.3) is 0 Å². The summed E-state index contributed by atoms with van der Waals surface area (Å²) in [6, 6.07) is 16.4. The van der Waals surface area contributed by atoms with Crippen molar-refractivity contribution in [3.63, 3.8) is 0 Å². The molecule has 6 rings (SSSR count). The molecular formula is C28H24N2O7. The summed E-state index contributed by atoms with van der Waals surface area (Å²) in [6.07, 6.45) is 0. The highest BCUT2D eigenvalue weighted by Crippen LogP contribution is 2.56. The summed E-state index contributed by atoms with van der Waals surface area (Å²) in [5.74, 6) is 0.200. The Labute approximate surface area is 213 Å². The number of nitrogens with zero attached hydrogens (tertiary/aromatic N) is 1. The number of methoxy groups -OCH3 is 2. The van der Waals surface area contributed by atoms with E-state index < -0.39 is 11.8 Å². The van der Waals surface area contributed by atoms with Crippen LogP contribution in [0.3, 0.4) is 0 Å². The van der Waals surface area contributed by atoms with Gasteiger partial charge >= 0.3 is 5.97 Å². The summed E-state index contributed by atoms with van der Waals surface area (Å²) in [5, 5.41) is 23.2. The molecule has 0 saturated carbocycles. The zero-order valence-corrected chi connectivity index (χ0v) is 20.2. The first kappa shape index (κ1) is 22.9. The molecule has 0 spiro atoms. The lowest BCUT2D eigenvalue weighted by molar-refractivity contribution is -0.141. The standard InChI is InChI=1S/C28H24N2O7/c1-33-22-7-15(8-23(34-2)27(22)31)24-17-9-20-21(37-13-36-20)10-18(17)26(19-12-35-28(32)25(19)24)30-16-5-3-14(11-29)4-6-16/h3-10,19,24-26,30-31H,12-13H2,1-2H3/t19-,24+,25-,26+/m0/s1. The van der Waals surface area contributed by atoms with Gasteiger partial charge in [0.1, 0.15) is 0 Å². The van der Waals surface area contributed by atoms with Gasteiger partial charge in [0.05, 0.1) is 44.4 Å². The van der Waals surface area contributed by atoms with Crippen LogP contribution in [0, 0.1) is 23.2 Å². The minimum atomic E-state index is -0.511. The Morgan fingerprint density at radius 2 is 1.62 bits per heavy atom. The Morgan fingerprint density at radius 3 is 2.24 bits per heavy atom. The van der Waals surface area contributed by atoms with Crippen molar-refractivity contribution in [2.45, 2.75) is 12.0 Å². The lowest BCUT2D eigenvalue weighted by atomic mass is 9.65. The largest absolute Gasteiger partial charge is 0.502 e. The quantitative estimate of drug-likeness (QED) is 0.499. The third-order valence-corrected chi connectivity index (χ3v) is 7.38. The number of fused-ring (bicyclic) bond motifs is 3. The van der Waals surface area contributed by atoms with E-state index in [9.17, 15) is 9.90 Å². The molecule has 2 heterocycles. The molecule has 3 aromatic rings. The number of carbonyl (C=O) groups excluding carboxylic acids is 1. The Morgan fingerprint density at radius 1 is 0.973 bits per heavy atom. The minimum absolute atomic E-state index is 0.110. The predicted molar refractivity (Wildman–Crippen MR) is 131 cm³/mol. The van der Waals surface area contributed by atoms with Crippen molar-refractivity contribution in [1.82, 2.24) is 0 Å². The van der Waals surface area contributed by atoms with E-state index in [1.54, 1.807) is 24.3 Å². The number of hydrogen-bond donors (Lipinski definition) is 2. The van der Waals surface area contributed by atoms with E-state index in [4.69, 9.17) is 28.9 Å². The van der Waals surface area contributed by atoms with Gasteiger partial charge in [-0.2, -0.15) is 5.26 Å². The SMILES string of the molecule is COc1cc([C@@H]2c3cc4c(cc3[C@@H](Nc3ccc(C#N)cc3)[C@H]3COC(=O)[C@H]23)OCO4)cc(OC)c1O. The number of rotatable bonds is 5. The van der Waals surface area contributed by atoms with Crippen molar-refractivity contribution in [2.24, 2.45) is 11.8 Å². The number of aromatic hydroxyl groups is 1. The smallest absolute Gasteiger partial charge is 0.310 e. The van der Waals surface area contributed by atoms with E-state index >= 15 is 0 Å². The fourth-order valence-electron chi connectivity index (χ4n) is 5.66. The zero-order chi connectivity index (χ0) is 25.7. The fraction of sp³-hybridized carbons (Fsp3) is 0.286. The van der Waals surface area contributed by atoms with Gasteiger partial charge < -0.3 is 34.1 Å². The molecule has 2 N–H and O–H groups in total. The van der Waals surface area contributed by atoms with Gasteiger partial charge in [0, 0.05) is 17.5 Å². The van der Waals surface area contributed by atoms with Crippen molar-refractivity contribution in [3.05, 3.63) is 70.8 Å². The molecular weight excluding hydrogens is 476 g/mol. The lowest BCUT2D eigenvalue weighted by Gasteiger charge is -2.40. The molecule has 1 saturated heterocycles. The van der Waals surface area contributed by atoms with E-state index in [0.717, 1.165) is 22.4 Å². The number of nitriles is 1. The molecule has 0 aromatic heterocycles. The summed E-state index contributed by atoms with van der Waals surface area (Å²) < 4.78 is 27.8. The van der Waals surface area contributed by atoms with Crippen LogP contribution >= 0.6 is 0 Å². The third-order valence-electron chi connectivity index (χ3n) is 7.38. The molecule has 1 fully saturated rings. The van der Waals surface area contributed by atoms with Gasteiger partial charge in [-0.3, -0.25) is 4.79 Å². The van der Waals surface area contributed by atoms with Gasteiger partial charge in [-0.15, -0.1) is 0 Å². The molecule has 3 aromatic carbocycles. The Kier molecular flexibility index (Phi) is 5.45. The van der Waals surface area contributed by atoms with Gasteiger partial charge in [0.2, 0.25) is 12.5 Å². The molecule has 37 heavy (non-hydrogen) atoms. The normalized spacial score (nSPS) is 22.9. The first-order valence-electron chi connectivity index (χ1n) is 11.8. The molecule has 0 amide bonds. The van der Waals surface area contributed by atoms with Crippen LogP contribution in [0.15, 0.2) is 48.5 Å². The van der Waals surface area contributed by atoms with E-state index in [1.807, 2.05) is 24.3 Å². The highest BCUT2D eigenvalue weighted by Gasteiger charge is 2.52. The average Bonchev–Trinajstić information content (AvgIpc) is 3.54. The number of ether oxygens (including phenoxy) is 5. The molecule has 0 bridgehead atoms. The maximum atomic E-state index is 13.2. The number of nitrogens with one attached hydrogen (secondary N) is 1. The van der Waals surface area contributed by atoms with E-state index in [0.29, 0.717) is 17.1 Å². The third kappa shape index (κ3) is 3.64. The van der Waals surface area contributed by atoms with Crippen molar-refractivity contribution in [2.75, 3.05) is 32.9 Å². The highest BCUT2D eigenvalue weighted by molar-refractivity contribution is 5.79. The van der Waals surface area contributed by atoms with Crippen molar-refractivity contribution in [3.8, 4) is 34.8 Å². The maximum Gasteiger partial charge on any atom is 0.310 e. The fourth-order valence-corrected chi connectivity index (χ4v) is 5.66. The maximum absolute atomic E-state index is 13.2. The molecule has 188 valence electrons. The second-order valence-electron chi connectivity index (χ2n) is 9.22. The molecule has 0 radical (unpaired) electrons. The highest BCUT2D eigenvalue weighted by atomic mass is 16.7. The minimum Gasteiger partial charge on any atom is -0.502 e. The number of carbonyl (C=O) groups is 1. The van der Waals surface area contributed by atoms with Crippen LogP contribution in [0.2, 0.25) is 0 Å². The monoisotopic (exact) mass is 500 g/mol. The molecule has 9 nitrogen and oxygen atoms in total. The first-order valence-corrected chi connectivity index (χ1v) is 11.8. The van der Waals surface area contributed by atoms with Crippen molar-refractivity contribution >= 4 is 11.7 Å². The van der Waals surface area contributed by atoms with Crippen LogP contribution < -0.4 is 24.3 Å². The van der Waals surface area contributed by atoms with Crippen LogP contribution in [0.5, 0.6) is 28.7 Å². The number of cyclic esters (lactones) is 1. The number of anilines is 1. The van der Waals surface area contributed by atoms with Crippen LogP contribution in [0.1, 0.15) is 34.2 Å². The first-order chi connectivity index (χ1) is 18.0. The van der Waals surface area contributed by atoms with Gasteiger partial charge in [-0.05, 0) is 65.2 Å². The number of benzene rings is 3. The van der Waals surface area contributed by atoms with Gasteiger partial charge in [-0.1, -0.05) is 0 Å². The van der Waals surface area contributed by atoms with Gasteiger partial charge in [-0.25, -0.2) is 0 Å². The molecule has 1 aliphatic carbocycles. The zero-order valence-electron chi connectivity index (χ0n) is 20.2. The number of phenolic OH excluding ortho intramolecular Hbond substituents is 1. The van der Waals surface area contributed by atoms with E-state index in [2.05, 4.69) is 11.4 Å². The number of esters is 1. The number of hydrogen-bond acceptors (Lipinski definition) is 9. The predicted octanol–water partition coefficient (Wildman–Crippen LogP) is 4.10. The van der Waals surface area contributed by atoms with Crippen molar-refractivity contribution < 1.29 is 33.6 Å². The summed E-state index contributed by atoms with van der Waals surface area (Å²) >= 11 is 0. The lowest BCUT2D eigenvalue weighted by Crippen LogP contribution is -2.37. The molecule has 2 aliphatic heterocycles. The van der Waals surface area contributed by atoms with E-state index in [-0.39, 0.29) is 48.6 Å². The second kappa shape index (κ2) is 8.82. The van der Waals surface area contributed by atoms with Gasteiger partial charge in [0.15, 0.2) is 23.0 Å². The average molecular weight is 501 g/mol. The molecule has 9 heteroatoms. The van der Waals surface area contributed by atoms with Crippen LogP contribution in [-0.2, 0) is 9.53 Å². The van der Waals surface area contributed by atoms with Crippen LogP contribution in [0.4, 0.5) is 5.69 Å². The van der Waals surface area contributed by atoms with E-state index in [1.165, 1.54) is 14.2 Å². The molecule has 0 unspecified atom stereocenters. The summed E-state index contributed by atoms with van der Waals surface area (Å²) in [4.78, 5) is 13.2. The Bertz CT molecular complexity index is 1400. The number of phenols is 1. The second-order valence-corrected chi connectivity index (χ2v) is 9.22. The summed E-state index contributed by atoms with van der Waals surface area (Å²) in [7, 11) is 2.94. The van der Waals surface area contributed by atoms with Gasteiger partial charge in [0.25, 0.3) is 0 Å².